The quantitative estimate of drug-likeness (QED) is 0.767. The van der Waals surface area contributed by atoms with Gasteiger partial charge < -0.3 is 5.32 Å². The van der Waals surface area contributed by atoms with Gasteiger partial charge in [0, 0.05) is 6.20 Å². The highest BCUT2D eigenvalue weighted by Crippen LogP contribution is 2.28. The van der Waals surface area contributed by atoms with Crippen LogP contribution >= 0.6 is 0 Å². The van der Waals surface area contributed by atoms with Gasteiger partial charge in [-0.1, -0.05) is 12.8 Å². The number of nitrogens with one attached hydrogen (secondary N) is 2. The summed E-state index contributed by atoms with van der Waals surface area (Å²) in [6, 6.07) is 2.65. The van der Waals surface area contributed by atoms with Gasteiger partial charge in [-0.15, -0.1) is 0 Å². The Morgan fingerprint density at radius 1 is 1.29 bits per heavy atom. The van der Waals surface area contributed by atoms with Crippen molar-refractivity contribution >= 4 is 16.9 Å². The second-order valence-electron chi connectivity index (χ2n) is 5.43. The Morgan fingerprint density at radius 2 is 2.19 bits per heavy atom. The first kappa shape index (κ1) is 12.3. The molecule has 0 unspecified atom stereocenters. The number of anilines is 1. The van der Waals surface area contributed by atoms with Crippen molar-refractivity contribution in [3.05, 3.63) is 30.5 Å². The van der Waals surface area contributed by atoms with Crippen LogP contribution in [0.25, 0.3) is 11.0 Å². The van der Waals surface area contributed by atoms with Gasteiger partial charge >= 0.3 is 0 Å². The SMILES string of the molecule is c1nc(NCc2ccn(C3CCCC3)n2)c2cn[nH]c2n1. The molecule has 0 amide bonds. The van der Waals surface area contributed by atoms with E-state index in [1.54, 1.807) is 6.20 Å². The Kier molecular flexibility index (Phi) is 3.02. The molecule has 7 heteroatoms. The first-order chi connectivity index (χ1) is 10.4. The van der Waals surface area contributed by atoms with Crippen LogP contribution in [0.2, 0.25) is 0 Å². The van der Waals surface area contributed by atoms with Gasteiger partial charge in [-0.05, 0) is 18.9 Å². The van der Waals surface area contributed by atoms with Crippen molar-refractivity contribution in [3.63, 3.8) is 0 Å². The van der Waals surface area contributed by atoms with Gasteiger partial charge in [0.25, 0.3) is 0 Å². The molecule has 108 valence electrons. The molecular formula is C14H17N7. The summed E-state index contributed by atoms with van der Waals surface area (Å²) < 4.78 is 2.11. The fraction of sp³-hybridized carbons (Fsp3) is 0.429. The molecule has 3 aromatic rings. The van der Waals surface area contributed by atoms with Crippen molar-refractivity contribution in [2.24, 2.45) is 0 Å². The lowest BCUT2D eigenvalue weighted by Crippen LogP contribution is -2.07. The lowest BCUT2D eigenvalue weighted by atomic mass is 10.3. The molecule has 0 radical (unpaired) electrons. The Hall–Kier alpha value is -2.44. The van der Waals surface area contributed by atoms with E-state index in [0.29, 0.717) is 12.6 Å². The summed E-state index contributed by atoms with van der Waals surface area (Å²) in [6.07, 6.45) is 10.5. The van der Waals surface area contributed by atoms with E-state index in [1.165, 1.54) is 32.0 Å². The summed E-state index contributed by atoms with van der Waals surface area (Å²) in [4.78, 5) is 8.39. The molecule has 1 aliphatic carbocycles. The number of fused-ring (bicyclic) bond motifs is 1. The third kappa shape index (κ3) is 2.35. The van der Waals surface area contributed by atoms with Crippen molar-refractivity contribution in [2.75, 3.05) is 5.32 Å². The van der Waals surface area contributed by atoms with Crippen molar-refractivity contribution in [2.45, 2.75) is 38.3 Å². The van der Waals surface area contributed by atoms with Crippen molar-refractivity contribution in [1.82, 2.24) is 29.9 Å². The van der Waals surface area contributed by atoms with Crippen LogP contribution in [0.4, 0.5) is 5.82 Å². The second kappa shape index (κ2) is 5.16. The average Bonchev–Trinajstić information content (AvgIpc) is 3.23. The van der Waals surface area contributed by atoms with Crippen LogP contribution in [-0.4, -0.2) is 29.9 Å². The lowest BCUT2D eigenvalue weighted by Gasteiger charge is -2.09. The minimum Gasteiger partial charge on any atom is -0.364 e. The molecule has 1 saturated carbocycles. The number of H-pyrrole nitrogens is 1. The zero-order valence-electron chi connectivity index (χ0n) is 11.7. The van der Waals surface area contributed by atoms with E-state index in [4.69, 9.17) is 0 Å². The lowest BCUT2D eigenvalue weighted by molar-refractivity contribution is 0.463. The fourth-order valence-electron chi connectivity index (χ4n) is 2.92. The van der Waals surface area contributed by atoms with Crippen LogP contribution in [-0.2, 0) is 6.54 Å². The van der Waals surface area contributed by atoms with E-state index in [0.717, 1.165) is 22.5 Å². The third-order valence-corrected chi connectivity index (χ3v) is 4.05. The number of hydrogen-bond acceptors (Lipinski definition) is 5. The molecule has 1 aliphatic rings. The number of aromatic nitrogens is 6. The number of rotatable bonds is 4. The van der Waals surface area contributed by atoms with E-state index in [2.05, 4.69) is 47.5 Å². The van der Waals surface area contributed by atoms with Crippen molar-refractivity contribution < 1.29 is 0 Å². The summed E-state index contributed by atoms with van der Waals surface area (Å²) in [5.74, 6) is 0.782. The maximum Gasteiger partial charge on any atom is 0.160 e. The molecule has 0 saturated heterocycles. The summed E-state index contributed by atoms with van der Waals surface area (Å²) in [6.45, 7) is 0.650. The minimum absolute atomic E-state index is 0.582. The van der Waals surface area contributed by atoms with Crippen LogP contribution in [0, 0.1) is 0 Å². The Labute approximate surface area is 121 Å². The second-order valence-corrected chi connectivity index (χ2v) is 5.43. The molecule has 3 aromatic heterocycles. The maximum atomic E-state index is 4.66. The van der Waals surface area contributed by atoms with Gasteiger partial charge in [0.1, 0.15) is 12.1 Å². The highest BCUT2D eigenvalue weighted by molar-refractivity contribution is 5.85. The predicted molar refractivity (Wildman–Crippen MR) is 78.7 cm³/mol. The van der Waals surface area contributed by atoms with Gasteiger partial charge in [0.15, 0.2) is 5.65 Å². The first-order valence-corrected chi connectivity index (χ1v) is 7.32. The van der Waals surface area contributed by atoms with Gasteiger partial charge in [-0.25, -0.2) is 9.97 Å². The highest BCUT2D eigenvalue weighted by Gasteiger charge is 2.17. The monoisotopic (exact) mass is 283 g/mol. The van der Waals surface area contributed by atoms with Gasteiger partial charge in [-0.2, -0.15) is 10.2 Å². The summed E-state index contributed by atoms with van der Waals surface area (Å²) in [7, 11) is 0. The van der Waals surface area contributed by atoms with Crippen LogP contribution < -0.4 is 5.32 Å². The number of nitrogens with zero attached hydrogens (tertiary/aromatic N) is 5. The number of aromatic amines is 1. The van der Waals surface area contributed by atoms with Gasteiger partial charge in [-0.3, -0.25) is 9.78 Å². The summed E-state index contributed by atoms with van der Waals surface area (Å²) >= 11 is 0. The highest BCUT2D eigenvalue weighted by atomic mass is 15.3. The molecule has 0 aromatic carbocycles. The summed E-state index contributed by atoms with van der Waals surface area (Å²) in [5, 5.41) is 15.7. The molecule has 7 nitrogen and oxygen atoms in total. The van der Waals surface area contributed by atoms with E-state index < -0.39 is 0 Å². The van der Waals surface area contributed by atoms with Crippen molar-refractivity contribution in [3.8, 4) is 0 Å². The molecule has 0 spiro atoms. The predicted octanol–water partition coefficient (Wildman–Crippen LogP) is 2.28. The largest absolute Gasteiger partial charge is 0.364 e. The molecular weight excluding hydrogens is 266 g/mol. The van der Waals surface area contributed by atoms with Crippen LogP contribution in [0.1, 0.15) is 37.4 Å². The van der Waals surface area contributed by atoms with E-state index >= 15 is 0 Å². The maximum absolute atomic E-state index is 4.66. The molecule has 0 atom stereocenters. The first-order valence-electron chi connectivity index (χ1n) is 7.32. The van der Waals surface area contributed by atoms with Crippen LogP contribution in [0.5, 0.6) is 0 Å². The zero-order chi connectivity index (χ0) is 14.1. The summed E-state index contributed by atoms with van der Waals surface area (Å²) in [5.41, 5.74) is 1.76. The van der Waals surface area contributed by atoms with Gasteiger partial charge in [0.05, 0.1) is 29.9 Å². The molecule has 3 heterocycles. The third-order valence-electron chi connectivity index (χ3n) is 4.05. The zero-order valence-corrected chi connectivity index (χ0v) is 11.7. The smallest absolute Gasteiger partial charge is 0.160 e. The average molecular weight is 283 g/mol. The normalized spacial score (nSPS) is 15.8. The Bertz CT molecular complexity index is 738. The minimum atomic E-state index is 0.582. The standard InChI is InChI=1S/C14H17N7/c1-2-4-11(3-1)21-6-5-10(20-21)7-15-13-12-8-18-19-14(12)17-9-16-13/h5-6,8-9,11H,1-4,7H2,(H2,15,16,17,18,19). The molecule has 0 bridgehead atoms. The van der Waals surface area contributed by atoms with Crippen molar-refractivity contribution in [1.29, 1.82) is 0 Å². The molecule has 0 aliphatic heterocycles. The van der Waals surface area contributed by atoms with E-state index in [9.17, 15) is 0 Å². The Balaban J connectivity index is 1.48. The topological polar surface area (TPSA) is 84.3 Å². The number of hydrogen-bond donors (Lipinski definition) is 2. The molecule has 2 N–H and O–H groups in total. The van der Waals surface area contributed by atoms with Gasteiger partial charge in [0.2, 0.25) is 0 Å². The van der Waals surface area contributed by atoms with E-state index in [1.807, 2.05) is 0 Å². The van der Waals surface area contributed by atoms with E-state index in [-0.39, 0.29) is 0 Å². The van der Waals surface area contributed by atoms with Crippen LogP contribution in [0.15, 0.2) is 24.8 Å². The Morgan fingerprint density at radius 3 is 3.10 bits per heavy atom. The van der Waals surface area contributed by atoms with Crippen LogP contribution in [0.3, 0.4) is 0 Å². The molecule has 4 rings (SSSR count). The molecule has 1 fully saturated rings. The fourth-order valence-corrected chi connectivity index (χ4v) is 2.92. The molecule has 21 heavy (non-hydrogen) atoms.